The molecule has 1 atom stereocenters. The van der Waals surface area contributed by atoms with Gasteiger partial charge < -0.3 is 9.84 Å². The maximum Gasteiger partial charge on any atom is 0.300 e. The zero-order chi connectivity index (χ0) is 23.9. The summed E-state index contributed by atoms with van der Waals surface area (Å²) in [4.78, 5) is 28.7. The van der Waals surface area contributed by atoms with E-state index in [1.165, 1.54) is 16.2 Å². The maximum atomic E-state index is 13.3. The number of benzene rings is 2. The first-order valence-corrected chi connectivity index (χ1v) is 12.1. The highest BCUT2D eigenvalue weighted by Gasteiger charge is 2.47. The van der Waals surface area contributed by atoms with Crippen molar-refractivity contribution in [1.29, 1.82) is 0 Å². The van der Waals surface area contributed by atoms with Gasteiger partial charge in [-0.3, -0.25) is 14.5 Å². The molecule has 1 aliphatic heterocycles. The molecule has 1 aliphatic rings. The molecule has 4 rings (SSSR count). The molecule has 1 amide bonds. The first-order chi connectivity index (χ1) is 15.6. The summed E-state index contributed by atoms with van der Waals surface area (Å²) >= 11 is 4.87. The molecular weight excluding hydrogens is 502 g/mol. The van der Waals surface area contributed by atoms with E-state index in [4.69, 9.17) is 4.74 Å². The van der Waals surface area contributed by atoms with Gasteiger partial charge in [-0.1, -0.05) is 48.8 Å². The SMILES string of the molecule is COc1ccc(/C(O)=C2/C(=O)C(=O)N(c3cccc(Br)c3)C2c2cccs2)cc1C(C)(C)C. The van der Waals surface area contributed by atoms with Crippen LogP contribution in [0.1, 0.15) is 42.8 Å². The van der Waals surface area contributed by atoms with Crippen LogP contribution in [0.4, 0.5) is 5.69 Å². The summed E-state index contributed by atoms with van der Waals surface area (Å²) in [5.41, 5.74) is 1.76. The third-order valence-electron chi connectivity index (χ3n) is 5.62. The largest absolute Gasteiger partial charge is 0.507 e. The number of methoxy groups -OCH3 is 1. The Morgan fingerprint density at radius 1 is 1.09 bits per heavy atom. The van der Waals surface area contributed by atoms with Gasteiger partial charge in [-0.05, 0) is 53.3 Å². The van der Waals surface area contributed by atoms with Crippen molar-refractivity contribution in [2.75, 3.05) is 12.0 Å². The molecule has 7 heteroatoms. The van der Waals surface area contributed by atoms with Crippen molar-refractivity contribution >= 4 is 50.4 Å². The van der Waals surface area contributed by atoms with Crippen LogP contribution in [-0.4, -0.2) is 23.9 Å². The number of nitrogens with zero attached hydrogens (tertiary/aromatic N) is 1. The number of halogens is 1. The van der Waals surface area contributed by atoms with Crippen molar-refractivity contribution in [2.45, 2.75) is 32.2 Å². The Kier molecular flexibility index (Phi) is 6.20. The van der Waals surface area contributed by atoms with Gasteiger partial charge in [-0.15, -0.1) is 11.3 Å². The molecule has 170 valence electrons. The van der Waals surface area contributed by atoms with Crippen LogP contribution in [0.3, 0.4) is 0 Å². The lowest BCUT2D eigenvalue weighted by atomic mass is 9.84. The number of hydrogen-bond donors (Lipinski definition) is 1. The minimum atomic E-state index is -0.723. The summed E-state index contributed by atoms with van der Waals surface area (Å²) in [6.07, 6.45) is 0. The molecule has 1 saturated heterocycles. The monoisotopic (exact) mass is 525 g/mol. The van der Waals surface area contributed by atoms with Crippen molar-refractivity contribution in [3.63, 3.8) is 0 Å². The van der Waals surface area contributed by atoms with Gasteiger partial charge in [0.15, 0.2) is 0 Å². The zero-order valence-electron chi connectivity index (χ0n) is 18.8. The quantitative estimate of drug-likeness (QED) is 0.241. The second-order valence-corrected chi connectivity index (χ2v) is 10.7. The van der Waals surface area contributed by atoms with E-state index in [1.54, 1.807) is 31.4 Å². The lowest BCUT2D eigenvalue weighted by Crippen LogP contribution is -2.29. The van der Waals surface area contributed by atoms with Crippen LogP contribution in [0.15, 0.2) is 70.0 Å². The number of aliphatic hydroxyl groups is 1. The van der Waals surface area contributed by atoms with Crippen molar-refractivity contribution < 1.29 is 19.4 Å². The fourth-order valence-electron chi connectivity index (χ4n) is 4.04. The average Bonchev–Trinajstić information content (AvgIpc) is 3.39. The van der Waals surface area contributed by atoms with Gasteiger partial charge >= 0.3 is 0 Å². The van der Waals surface area contributed by atoms with Gasteiger partial charge in [-0.2, -0.15) is 0 Å². The molecule has 3 aromatic rings. The van der Waals surface area contributed by atoms with Gasteiger partial charge in [-0.25, -0.2) is 0 Å². The lowest BCUT2D eigenvalue weighted by molar-refractivity contribution is -0.132. The Balaban J connectivity index is 1.93. The highest BCUT2D eigenvalue weighted by Crippen LogP contribution is 2.44. The Morgan fingerprint density at radius 3 is 2.45 bits per heavy atom. The molecule has 2 heterocycles. The number of anilines is 1. The molecular formula is C26H24BrNO4S. The van der Waals surface area contributed by atoms with Crippen molar-refractivity contribution in [3.8, 4) is 5.75 Å². The third-order valence-corrected chi connectivity index (χ3v) is 7.04. The summed E-state index contributed by atoms with van der Waals surface area (Å²) in [6.45, 7) is 6.14. The Labute approximate surface area is 205 Å². The fourth-order valence-corrected chi connectivity index (χ4v) is 5.25. The number of aliphatic hydroxyl groups excluding tert-OH is 1. The van der Waals surface area contributed by atoms with Crippen LogP contribution in [-0.2, 0) is 15.0 Å². The summed E-state index contributed by atoms with van der Waals surface area (Å²) in [6, 6.07) is 15.6. The number of carbonyl (C=O) groups is 2. The van der Waals surface area contributed by atoms with Crippen LogP contribution < -0.4 is 9.64 Å². The van der Waals surface area contributed by atoms with E-state index < -0.39 is 17.7 Å². The fraction of sp³-hybridized carbons (Fsp3) is 0.231. The smallest absolute Gasteiger partial charge is 0.300 e. The van der Waals surface area contributed by atoms with Crippen LogP contribution in [0.5, 0.6) is 5.75 Å². The Bertz CT molecular complexity index is 1260. The molecule has 0 aliphatic carbocycles. The second kappa shape index (κ2) is 8.80. The number of amides is 1. The Hall–Kier alpha value is -2.90. The predicted molar refractivity (Wildman–Crippen MR) is 135 cm³/mol. The summed E-state index contributed by atoms with van der Waals surface area (Å²) in [5, 5.41) is 13.3. The molecule has 1 unspecified atom stereocenters. The van der Waals surface area contributed by atoms with Gasteiger partial charge in [0.1, 0.15) is 17.6 Å². The average molecular weight is 526 g/mol. The summed E-state index contributed by atoms with van der Waals surface area (Å²) in [5.74, 6) is -0.877. The van der Waals surface area contributed by atoms with Gasteiger partial charge in [0.25, 0.3) is 11.7 Å². The number of hydrogen-bond acceptors (Lipinski definition) is 5. The molecule has 1 fully saturated rings. The molecule has 0 bridgehead atoms. The van der Waals surface area contributed by atoms with E-state index in [1.807, 2.05) is 56.5 Å². The second-order valence-electron chi connectivity index (χ2n) is 8.83. The third kappa shape index (κ3) is 4.23. The molecule has 2 aromatic carbocycles. The molecule has 1 N–H and O–H groups in total. The van der Waals surface area contributed by atoms with Crippen molar-refractivity contribution in [3.05, 3.63) is 86.0 Å². The van der Waals surface area contributed by atoms with E-state index in [-0.39, 0.29) is 16.7 Å². The van der Waals surface area contributed by atoms with Crippen molar-refractivity contribution in [1.82, 2.24) is 0 Å². The minimum absolute atomic E-state index is 0.0763. The van der Waals surface area contributed by atoms with Crippen LogP contribution in [0.2, 0.25) is 0 Å². The molecule has 0 radical (unpaired) electrons. The maximum absolute atomic E-state index is 13.3. The number of thiophene rings is 1. The normalized spacial score (nSPS) is 18.1. The van der Waals surface area contributed by atoms with E-state index in [0.717, 1.165) is 14.9 Å². The van der Waals surface area contributed by atoms with Gasteiger partial charge in [0.05, 0.1) is 12.7 Å². The number of Topliss-reactive ketones (excluding diaryl/α,β-unsaturated/α-hetero) is 1. The minimum Gasteiger partial charge on any atom is -0.507 e. The molecule has 0 spiro atoms. The van der Waals surface area contributed by atoms with E-state index in [2.05, 4.69) is 15.9 Å². The van der Waals surface area contributed by atoms with Crippen LogP contribution in [0, 0.1) is 0 Å². The lowest BCUT2D eigenvalue weighted by Gasteiger charge is -2.25. The zero-order valence-corrected chi connectivity index (χ0v) is 21.2. The molecule has 33 heavy (non-hydrogen) atoms. The number of ketones is 1. The number of ether oxygens (including phenoxy) is 1. The first kappa shape index (κ1) is 23.3. The van der Waals surface area contributed by atoms with Gasteiger partial charge in [0.2, 0.25) is 0 Å². The molecule has 1 aromatic heterocycles. The summed E-state index contributed by atoms with van der Waals surface area (Å²) in [7, 11) is 1.60. The number of rotatable bonds is 4. The van der Waals surface area contributed by atoms with E-state index in [9.17, 15) is 14.7 Å². The highest BCUT2D eigenvalue weighted by atomic mass is 79.9. The Morgan fingerprint density at radius 2 is 1.85 bits per heavy atom. The van der Waals surface area contributed by atoms with E-state index in [0.29, 0.717) is 17.0 Å². The first-order valence-electron chi connectivity index (χ1n) is 10.4. The topological polar surface area (TPSA) is 66.8 Å². The van der Waals surface area contributed by atoms with Crippen LogP contribution in [0.25, 0.3) is 5.76 Å². The number of carbonyl (C=O) groups excluding carboxylic acids is 2. The molecule has 0 saturated carbocycles. The standard InChI is InChI=1S/C26H24BrNO4S/c1-26(2,3)18-13-15(10-11-19(18)32-4)23(29)21-22(20-9-6-12-33-20)28(25(31)24(21)30)17-8-5-7-16(27)14-17/h5-14,22,29H,1-4H3/b23-21-. The van der Waals surface area contributed by atoms with Gasteiger partial charge in [0, 0.05) is 26.2 Å². The van der Waals surface area contributed by atoms with Crippen molar-refractivity contribution in [2.24, 2.45) is 0 Å². The molecule has 5 nitrogen and oxygen atoms in total. The summed E-state index contributed by atoms with van der Waals surface area (Å²) < 4.78 is 6.30. The van der Waals surface area contributed by atoms with Crippen LogP contribution >= 0.6 is 27.3 Å². The highest BCUT2D eigenvalue weighted by molar-refractivity contribution is 9.10. The predicted octanol–water partition coefficient (Wildman–Crippen LogP) is 6.44. The van der Waals surface area contributed by atoms with E-state index >= 15 is 0 Å².